The number of benzene rings is 2. The van der Waals surface area contributed by atoms with Crippen LogP contribution in [0, 0.1) is 11.3 Å². The van der Waals surface area contributed by atoms with Crippen LogP contribution in [-0.4, -0.2) is 0 Å². The lowest BCUT2D eigenvalue weighted by Gasteiger charge is -2.16. The molecule has 0 saturated carbocycles. The molecule has 1 unspecified atom stereocenters. The number of anilines is 2. The van der Waals surface area contributed by atoms with Crippen LogP contribution in [0.3, 0.4) is 0 Å². The highest BCUT2D eigenvalue weighted by Crippen LogP contribution is 2.22. The maximum Gasteiger partial charge on any atom is 0.101 e. The van der Waals surface area contributed by atoms with Crippen molar-refractivity contribution in [1.29, 1.82) is 5.26 Å². The molecule has 0 aliphatic rings. The van der Waals surface area contributed by atoms with Crippen molar-refractivity contribution in [1.82, 2.24) is 0 Å². The predicted octanol–water partition coefficient (Wildman–Crippen LogP) is 3.31. The van der Waals surface area contributed by atoms with Gasteiger partial charge in [0.25, 0.3) is 0 Å². The van der Waals surface area contributed by atoms with Gasteiger partial charge in [-0.1, -0.05) is 30.3 Å². The van der Waals surface area contributed by atoms with Crippen LogP contribution in [0.25, 0.3) is 0 Å². The predicted molar refractivity (Wildman–Crippen MR) is 74.0 cm³/mol. The van der Waals surface area contributed by atoms with Gasteiger partial charge >= 0.3 is 0 Å². The van der Waals surface area contributed by atoms with Crippen molar-refractivity contribution in [2.45, 2.75) is 13.0 Å². The molecule has 0 bridgehead atoms. The molecule has 0 spiro atoms. The number of nitrogen functional groups attached to an aromatic ring is 1. The van der Waals surface area contributed by atoms with E-state index in [4.69, 9.17) is 11.0 Å². The quantitative estimate of drug-likeness (QED) is 0.805. The number of nitrogens with zero attached hydrogens (tertiary/aromatic N) is 1. The third-order valence-electron chi connectivity index (χ3n) is 2.85. The Morgan fingerprint density at radius 1 is 1.17 bits per heavy atom. The number of nitrogens with two attached hydrogens (primary N) is 1. The lowest BCUT2D eigenvalue weighted by Crippen LogP contribution is -2.06. The average molecular weight is 237 g/mol. The molecular weight excluding hydrogens is 222 g/mol. The minimum atomic E-state index is 0.193. The minimum Gasteiger partial charge on any atom is -0.398 e. The highest BCUT2D eigenvalue weighted by molar-refractivity contribution is 5.63. The van der Waals surface area contributed by atoms with E-state index in [1.165, 1.54) is 5.56 Å². The van der Waals surface area contributed by atoms with Crippen molar-refractivity contribution in [3.05, 3.63) is 59.7 Å². The molecule has 3 heteroatoms. The van der Waals surface area contributed by atoms with Crippen molar-refractivity contribution in [2.75, 3.05) is 11.1 Å². The van der Waals surface area contributed by atoms with Gasteiger partial charge in [-0.25, -0.2) is 0 Å². The Morgan fingerprint density at radius 3 is 2.50 bits per heavy atom. The standard InChI is InChI=1S/C15H15N3/c1-11(12-5-3-2-4-6-12)18-14-8-7-13(10-16)15(17)9-14/h2-9,11,18H,17H2,1H3. The number of hydrogen-bond donors (Lipinski definition) is 2. The van der Waals surface area contributed by atoms with Gasteiger partial charge in [-0.05, 0) is 30.7 Å². The summed E-state index contributed by atoms with van der Waals surface area (Å²) in [5.74, 6) is 0. The van der Waals surface area contributed by atoms with E-state index in [9.17, 15) is 0 Å². The summed E-state index contributed by atoms with van der Waals surface area (Å²) in [7, 11) is 0. The normalized spacial score (nSPS) is 11.6. The van der Waals surface area contributed by atoms with E-state index in [1.54, 1.807) is 12.1 Å². The molecule has 3 nitrogen and oxygen atoms in total. The summed E-state index contributed by atoms with van der Waals surface area (Å²) < 4.78 is 0. The molecule has 0 aliphatic carbocycles. The zero-order valence-electron chi connectivity index (χ0n) is 10.2. The zero-order chi connectivity index (χ0) is 13.0. The third kappa shape index (κ3) is 2.61. The number of rotatable bonds is 3. The van der Waals surface area contributed by atoms with Gasteiger partial charge in [0.2, 0.25) is 0 Å². The topological polar surface area (TPSA) is 61.8 Å². The van der Waals surface area contributed by atoms with E-state index in [0.717, 1.165) is 5.69 Å². The highest BCUT2D eigenvalue weighted by Gasteiger charge is 2.05. The Bertz CT molecular complexity index is 570. The number of hydrogen-bond acceptors (Lipinski definition) is 3. The van der Waals surface area contributed by atoms with Gasteiger partial charge in [-0.3, -0.25) is 0 Å². The van der Waals surface area contributed by atoms with Crippen LogP contribution >= 0.6 is 0 Å². The SMILES string of the molecule is CC(Nc1ccc(C#N)c(N)c1)c1ccccc1. The van der Waals surface area contributed by atoms with Gasteiger partial charge < -0.3 is 11.1 Å². The average Bonchev–Trinajstić information content (AvgIpc) is 2.40. The molecule has 3 N–H and O–H groups in total. The van der Waals surface area contributed by atoms with Crippen LogP contribution in [0.15, 0.2) is 48.5 Å². The van der Waals surface area contributed by atoms with Crippen LogP contribution in [-0.2, 0) is 0 Å². The Kier molecular flexibility index (Phi) is 3.49. The maximum atomic E-state index is 8.82. The highest BCUT2D eigenvalue weighted by atomic mass is 14.9. The summed E-state index contributed by atoms with van der Waals surface area (Å²) in [6.07, 6.45) is 0. The van der Waals surface area contributed by atoms with Crippen LogP contribution in [0.1, 0.15) is 24.1 Å². The minimum absolute atomic E-state index is 0.193. The van der Waals surface area contributed by atoms with Crippen molar-refractivity contribution in [2.24, 2.45) is 0 Å². The van der Waals surface area contributed by atoms with E-state index >= 15 is 0 Å². The van der Waals surface area contributed by atoms with E-state index in [2.05, 4.69) is 30.4 Å². The molecule has 2 aromatic rings. The van der Waals surface area contributed by atoms with E-state index < -0.39 is 0 Å². The second kappa shape index (κ2) is 5.24. The van der Waals surface area contributed by atoms with Crippen molar-refractivity contribution >= 4 is 11.4 Å². The number of nitrogens with one attached hydrogen (secondary N) is 1. The molecule has 0 aliphatic heterocycles. The fraction of sp³-hybridized carbons (Fsp3) is 0.133. The van der Waals surface area contributed by atoms with Gasteiger partial charge in [-0.15, -0.1) is 0 Å². The van der Waals surface area contributed by atoms with Crippen LogP contribution in [0.4, 0.5) is 11.4 Å². The first-order chi connectivity index (χ1) is 8.70. The summed E-state index contributed by atoms with van der Waals surface area (Å²) in [6.45, 7) is 2.09. The molecule has 2 aromatic carbocycles. The van der Waals surface area contributed by atoms with E-state index in [-0.39, 0.29) is 6.04 Å². The zero-order valence-corrected chi connectivity index (χ0v) is 10.2. The first kappa shape index (κ1) is 12.0. The third-order valence-corrected chi connectivity index (χ3v) is 2.85. The lowest BCUT2D eigenvalue weighted by molar-refractivity contribution is 0.885. The van der Waals surface area contributed by atoms with Crippen molar-refractivity contribution < 1.29 is 0 Å². The van der Waals surface area contributed by atoms with Gasteiger partial charge in [0.05, 0.1) is 11.3 Å². The van der Waals surface area contributed by atoms with Crippen LogP contribution in [0.5, 0.6) is 0 Å². The van der Waals surface area contributed by atoms with Gasteiger partial charge in [0, 0.05) is 11.7 Å². The first-order valence-electron chi connectivity index (χ1n) is 5.82. The molecule has 0 saturated heterocycles. The van der Waals surface area contributed by atoms with Crippen molar-refractivity contribution in [3.63, 3.8) is 0 Å². The van der Waals surface area contributed by atoms with Gasteiger partial charge in [0.15, 0.2) is 0 Å². The summed E-state index contributed by atoms with van der Waals surface area (Å²) in [4.78, 5) is 0. The molecule has 90 valence electrons. The molecule has 0 heterocycles. The largest absolute Gasteiger partial charge is 0.398 e. The molecule has 18 heavy (non-hydrogen) atoms. The molecule has 0 amide bonds. The summed E-state index contributed by atoms with van der Waals surface area (Å²) in [6, 6.07) is 17.8. The second-order valence-corrected chi connectivity index (χ2v) is 4.19. The van der Waals surface area contributed by atoms with Gasteiger partial charge in [0.1, 0.15) is 6.07 Å². The summed E-state index contributed by atoms with van der Waals surface area (Å²) in [5.41, 5.74) is 8.92. The molecule has 1 atom stereocenters. The first-order valence-corrected chi connectivity index (χ1v) is 5.82. The fourth-order valence-corrected chi connectivity index (χ4v) is 1.83. The molecule has 0 fully saturated rings. The Hall–Kier alpha value is -2.47. The molecule has 0 aromatic heterocycles. The van der Waals surface area contributed by atoms with E-state index in [0.29, 0.717) is 11.3 Å². The lowest BCUT2D eigenvalue weighted by atomic mass is 10.1. The number of nitriles is 1. The fourth-order valence-electron chi connectivity index (χ4n) is 1.83. The second-order valence-electron chi connectivity index (χ2n) is 4.19. The van der Waals surface area contributed by atoms with E-state index in [1.807, 2.05) is 24.3 Å². The summed E-state index contributed by atoms with van der Waals surface area (Å²) in [5, 5.41) is 12.2. The van der Waals surface area contributed by atoms with Crippen LogP contribution < -0.4 is 11.1 Å². The van der Waals surface area contributed by atoms with Gasteiger partial charge in [-0.2, -0.15) is 5.26 Å². The van der Waals surface area contributed by atoms with Crippen molar-refractivity contribution in [3.8, 4) is 6.07 Å². The molecule has 2 rings (SSSR count). The van der Waals surface area contributed by atoms with Crippen LogP contribution in [0.2, 0.25) is 0 Å². The maximum absolute atomic E-state index is 8.82. The smallest absolute Gasteiger partial charge is 0.101 e. The molecular formula is C15H15N3. The Morgan fingerprint density at radius 2 is 1.89 bits per heavy atom. The Labute approximate surface area is 107 Å². The monoisotopic (exact) mass is 237 g/mol. The Balaban J connectivity index is 2.15. The summed E-state index contributed by atoms with van der Waals surface area (Å²) >= 11 is 0. The molecule has 0 radical (unpaired) electrons.